The zero-order valence-electron chi connectivity index (χ0n) is 14.4. The highest BCUT2D eigenvalue weighted by molar-refractivity contribution is 5.48. The lowest BCUT2D eigenvalue weighted by Crippen LogP contribution is -2.34. The first-order valence-corrected chi connectivity index (χ1v) is 9.44. The van der Waals surface area contributed by atoms with Gasteiger partial charge in [0, 0.05) is 31.0 Å². The van der Waals surface area contributed by atoms with Crippen molar-refractivity contribution in [1.29, 1.82) is 0 Å². The lowest BCUT2D eigenvalue weighted by atomic mass is 10.0. The van der Waals surface area contributed by atoms with E-state index in [1.807, 2.05) is 0 Å². The van der Waals surface area contributed by atoms with Crippen LogP contribution in [0.15, 0.2) is 0 Å². The van der Waals surface area contributed by atoms with E-state index in [9.17, 15) is 0 Å². The molecule has 0 amide bonds. The molecule has 6 heteroatoms. The lowest BCUT2D eigenvalue weighted by Gasteiger charge is -2.24. The molecule has 1 saturated carbocycles. The molecular weight excluding hydrogens is 304 g/mol. The Hall–Kier alpha value is -1.24. The van der Waals surface area contributed by atoms with Crippen molar-refractivity contribution >= 4 is 5.82 Å². The van der Waals surface area contributed by atoms with E-state index in [1.165, 1.54) is 36.9 Å². The van der Waals surface area contributed by atoms with Crippen LogP contribution in [0.3, 0.4) is 0 Å². The summed E-state index contributed by atoms with van der Waals surface area (Å²) >= 11 is 0. The van der Waals surface area contributed by atoms with E-state index in [-0.39, 0.29) is 6.10 Å². The summed E-state index contributed by atoms with van der Waals surface area (Å²) in [5, 5.41) is 7.03. The van der Waals surface area contributed by atoms with Gasteiger partial charge in [-0.05, 0) is 25.8 Å². The summed E-state index contributed by atoms with van der Waals surface area (Å²) in [6.07, 6.45) is 7.18. The molecule has 3 heterocycles. The number of rotatable bonds is 4. The first-order valence-electron chi connectivity index (χ1n) is 9.44. The number of nitrogens with one attached hydrogen (secondary N) is 2. The summed E-state index contributed by atoms with van der Waals surface area (Å²) < 4.78 is 11.3. The smallest absolute Gasteiger partial charge is 0.134 e. The normalized spacial score (nSPS) is 25.2. The van der Waals surface area contributed by atoms with Gasteiger partial charge in [-0.3, -0.25) is 0 Å². The highest BCUT2D eigenvalue weighted by Crippen LogP contribution is 2.34. The second-order valence-corrected chi connectivity index (χ2v) is 7.04. The van der Waals surface area contributed by atoms with Gasteiger partial charge in [-0.2, -0.15) is 0 Å². The van der Waals surface area contributed by atoms with Crippen molar-refractivity contribution in [3.8, 4) is 0 Å². The van der Waals surface area contributed by atoms with Gasteiger partial charge in [-0.1, -0.05) is 12.8 Å². The van der Waals surface area contributed by atoms with Crippen molar-refractivity contribution in [2.24, 2.45) is 0 Å². The van der Waals surface area contributed by atoms with Crippen LogP contribution in [0.25, 0.3) is 0 Å². The highest BCUT2D eigenvalue weighted by atomic mass is 16.6. The van der Waals surface area contributed by atoms with Crippen LogP contribution in [0.1, 0.15) is 48.7 Å². The van der Waals surface area contributed by atoms with Crippen LogP contribution in [-0.4, -0.2) is 55.5 Å². The molecule has 0 bridgehead atoms. The molecule has 3 aliphatic rings. The van der Waals surface area contributed by atoms with E-state index in [4.69, 9.17) is 19.4 Å². The van der Waals surface area contributed by atoms with E-state index >= 15 is 0 Å². The third-order valence-corrected chi connectivity index (χ3v) is 5.30. The zero-order valence-corrected chi connectivity index (χ0v) is 14.4. The molecule has 1 aromatic rings. The molecule has 1 saturated heterocycles. The lowest BCUT2D eigenvalue weighted by molar-refractivity contribution is -0.0819. The molecule has 0 spiro atoms. The molecule has 1 aromatic heterocycles. The number of aromatic nitrogens is 2. The quantitative estimate of drug-likeness (QED) is 0.874. The zero-order chi connectivity index (χ0) is 16.2. The van der Waals surface area contributed by atoms with Crippen molar-refractivity contribution in [1.82, 2.24) is 15.3 Å². The fourth-order valence-electron chi connectivity index (χ4n) is 3.94. The molecule has 6 nitrogen and oxygen atoms in total. The summed E-state index contributed by atoms with van der Waals surface area (Å²) in [5.41, 5.74) is 2.53. The van der Waals surface area contributed by atoms with Crippen LogP contribution in [0.5, 0.6) is 0 Å². The molecule has 2 aliphatic heterocycles. The Balaban J connectivity index is 1.56. The molecule has 2 N–H and O–H groups in total. The number of hydrogen-bond donors (Lipinski definition) is 2. The molecule has 0 aromatic carbocycles. The molecule has 1 unspecified atom stereocenters. The van der Waals surface area contributed by atoms with Crippen molar-refractivity contribution in [3.05, 3.63) is 17.1 Å². The maximum Gasteiger partial charge on any atom is 0.134 e. The Kier molecular flexibility index (Phi) is 5.25. The van der Waals surface area contributed by atoms with Gasteiger partial charge >= 0.3 is 0 Å². The Labute approximate surface area is 143 Å². The van der Waals surface area contributed by atoms with Crippen molar-refractivity contribution in [2.75, 3.05) is 44.8 Å². The number of fused-ring (bicyclic) bond motifs is 1. The van der Waals surface area contributed by atoms with Gasteiger partial charge in [-0.25, -0.2) is 9.97 Å². The topological polar surface area (TPSA) is 68.3 Å². The van der Waals surface area contributed by atoms with Crippen LogP contribution in [-0.2, 0) is 22.3 Å². The van der Waals surface area contributed by atoms with Gasteiger partial charge in [0.15, 0.2) is 0 Å². The molecule has 24 heavy (non-hydrogen) atoms. The maximum absolute atomic E-state index is 5.76. The van der Waals surface area contributed by atoms with Crippen LogP contribution in [0.4, 0.5) is 5.82 Å². The first kappa shape index (κ1) is 16.2. The van der Waals surface area contributed by atoms with Gasteiger partial charge < -0.3 is 20.1 Å². The predicted octanol–water partition coefficient (Wildman–Crippen LogP) is 1.65. The number of hydrogen-bond acceptors (Lipinski definition) is 6. The van der Waals surface area contributed by atoms with Crippen molar-refractivity contribution in [2.45, 2.75) is 50.5 Å². The first-order chi connectivity index (χ1) is 11.9. The van der Waals surface area contributed by atoms with Crippen molar-refractivity contribution < 1.29 is 9.47 Å². The molecule has 0 radical (unpaired) electrons. The number of nitrogens with zero attached hydrogens (tertiary/aromatic N) is 2. The van der Waals surface area contributed by atoms with E-state index in [2.05, 4.69) is 10.6 Å². The number of anilines is 1. The van der Waals surface area contributed by atoms with E-state index in [1.54, 1.807) is 0 Å². The van der Waals surface area contributed by atoms with E-state index in [0.717, 1.165) is 44.1 Å². The standard InChI is InChI=1S/C18H28N4O2/c1-2-4-13(3-1)17-21-16-6-8-19-7-5-15(16)18(22-17)20-11-14-12-23-9-10-24-14/h13-14,19H,1-12H2,(H,20,21,22). The van der Waals surface area contributed by atoms with Gasteiger partial charge in [0.25, 0.3) is 0 Å². The van der Waals surface area contributed by atoms with Gasteiger partial charge in [0.05, 0.1) is 31.6 Å². The van der Waals surface area contributed by atoms with Crippen molar-refractivity contribution in [3.63, 3.8) is 0 Å². The van der Waals surface area contributed by atoms with Gasteiger partial charge in [0.2, 0.25) is 0 Å². The summed E-state index contributed by atoms with van der Waals surface area (Å²) in [4.78, 5) is 9.91. The van der Waals surface area contributed by atoms with Gasteiger partial charge in [0.1, 0.15) is 11.6 Å². The van der Waals surface area contributed by atoms with Crippen LogP contribution in [0.2, 0.25) is 0 Å². The third kappa shape index (κ3) is 3.71. The Morgan fingerprint density at radius 3 is 2.79 bits per heavy atom. The molecule has 2 fully saturated rings. The highest BCUT2D eigenvalue weighted by Gasteiger charge is 2.24. The largest absolute Gasteiger partial charge is 0.376 e. The molecule has 1 aliphatic carbocycles. The predicted molar refractivity (Wildman–Crippen MR) is 92.6 cm³/mol. The van der Waals surface area contributed by atoms with E-state index < -0.39 is 0 Å². The minimum absolute atomic E-state index is 0.114. The Bertz CT molecular complexity index is 554. The summed E-state index contributed by atoms with van der Waals surface area (Å²) in [7, 11) is 0. The minimum atomic E-state index is 0.114. The summed E-state index contributed by atoms with van der Waals surface area (Å²) in [5.74, 6) is 2.62. The third-order valence-electron chi connectivity index (χ3n) is 5.30. The SMILES string of the molecule is C1CCC(c2nc3c(c(NCC4COCCO4)n2)CCNCC3)C1. The fraction of sp³-hybridized carbons (Fsp3) is 0.778. The molecule has 132 valence electrons. The molecule has 4 rings (SSSR count). The molecular formula is C18H28N4O2. The second kappa shape index (κ2) is 7.76. The monoisotopic (exact) mass is 332 g/mol. The average molecular weight is 332 g/mol. The van der Waals surface area contributed by atoms with Gasteiger partial charge in [-0.15, -0.1) is 0 Å². The maximum atomic E-state index is 5.76. The fourth-order valence-corrected chi connectivity index (χ4v) is 3.94. The van der Waals surface area contributed by atoms with E-state index in [0.29, 0.717) is 25.7 Å². The second-order valence-electron chi connectivity index (χ2n) is 7.04. The molecule has 1 atom stereocenters. The minimum Gasteiger partial charge on any atom is -0.376 e. The van der Waals surface area contributed by atoms with Crippen LogP contribution < -0.4 is 10.6 Å². The Morgan fingerprint density at radius 2 is 1.96 bits per heavy atom. The summed E-state index contributed by atoms with van der Waals surface area (Å²) in [6, 6.07) is 0. The average Bonchev–Trinajstić information content (AvgIpc) is 3.06. The van der Waals surface area contributed by atoms with Crippen LogP contribution >= 0.6 is 0 Å². The number of ether oxygens (including phenoxy) is 2. The Morgan fingerprint density at radius 1 is 1.08 bits per heavy atom. The summed E-state index contributed by atoms with van der Waals surface area (Å²) in [6.45, 7) is 4.81. The van der Waals surface area contributed by atoms with Crippen LogP contribution in [0, 0.1) is 0 Å².